The molecular formula is C22H21ClN6O2. The highest BCUT2D eigenvalue weighted by molar-refractivity contribution is 6.31. The molecule has 3 heterocycles. The summed E-state index contributed by atoms with van der Waals surface area (Å²) in [4.78, 5) is 9.41. The predicted octanol–water partition coefficient (Wildman–Crippen LogP) is 3.09. The van der Waals surface area contributed by atoms with E-state index >= 15 is 0 Å². The van der Waals surface area contributed by atoms with Gasteiger partial charge in [0.25, 0.3) is 0 Å². The highest BCUT2D eigenvalue weighted by Crippen LogP contribution is 2.35. The van der Waals surface area contributed by atoms with Crippen molar-refractivity contribution < 1.29 is 9.47 Å². The number of benzene rings is 2. The van der Waals surface area contributed by atoms with Crippen molar-refractivity contribution in [2.24, 2.45) is 16.6 Å². The molecule has 2 aliphatic heterocycles. The Hall–Kier alpha value is -3.49. The first-order chi connectivity index (χ1) is 15.1. The summed E-state index contributed by atoms with van der Waals surface area (Å²) in [7, 11) is 1.65. The number of nitrogens with two attached hydrogens (primary N) is 2. The molecule has 0 amide bonds. The van der Waals surface area contributed by atoms with Gasteiger partial charge in [-0.2, -0.15) is 0 Å². The van der Waals surface area contributed by atoms with Crippen LogP contribution in [0.25, 0.3) is 5.69 Å². The third kappa shape index (κ3) is 3.30. The van der Waals surface area contributed by atoms with Crippen molar-refractivity contribution in [3.05, 3.63) is 82.7 Å². The molecule has 31 heavy (non-hydrogen) atoms. The molecule has 0 bridgehead atoms. The molecule has 0 saturated carbocycles. The average molecular weight is 437 g/mol. The van der Waals surface area contributed by atoms with Crippen LogP contribution >= 0.6 is 11.6 Å². The summed E-state index contributed by atoms with van der Waals surface area (Å²) >= 11 is 6.21. The van der Waals surface area contributed by atoms with Crippen LogP contribution in [-0.4, -0.2) is 29.2 Å². The second-order valence-electron chi connectivity index (χ2n) is 7.28. The number of hydrogen-bond donors (Lipinski definition) is 2. The number of rotatable bonds is 3. The van der Waals surface area contributed by atoms with Gasteiger partial charge in [-0.05, 0) is 35.9 Å². The van der Waals surface area contributed by atoms with Crippen LogP contribution in [0.1, 0.15) is 23.0 Å². The van der Waals surface area contributed by atoms with Crippen LogP contribution in [0.15, 0.2) is 65.7 Å². The summed E-state index contributed by atoms with van der Waals surface area (Å²) in [5.41, 5.74) is 10.8. The summed E-state index contributed by atoms with van der Waals surface area (Å²) in [6.45, 7) is 0.447. The lowest BCUT2D eigenvalue weighted by Gasteiger charge is -2.21. The lowest BCUT2D eigenvalue weighted by molar-refractivity contribution is 0.319. The number of aromatic nitrogens is 2. The summed E-state index contributed by atoms with van der Waals surface area (Å²) in [6.07, 6.45) is 3.70. The largest absolute Gasteiger partial charge is 0.497 e. The quantitative estimate of drug-likeness (QED) is 0.611. The van der Waals surface area contributed by atoms with Crippen molar-refractivity contribution in [2.45, 2.75) is 12.5 Å². The van der Waals surface area contributed by atoms with Gasteiger partial charge in [0.1, 0.15) is 30.4 Å². The minimum absolute atomic E-state index is 0.106. The monoisotopic (exact) mass is 436 g/mol. The Labute approximate surface area is 184 Å². The van der Waals surface area contributed by atoms with E-state index in [4.69, 9.17) is 37.6 Å². The summed E-state index contributed by atoms with van der Waals surface area (Å²) in [5, 5.41) is 2.13. The molecule has 4 N–H and O–H groups in total. The van der Waals surface area contributed by atoms with Gasteiger partial charge >= 0.3 is 0 Å². The van der Waals surface area contributed by atoms with Gasteiger partial charge in [-0.1, -0.05) is 23.7 Å². The Kier molecular flexibility index (Phi) is 4.80. The zero-order valence-corrected chi connectivity index (χ0v) is 17.6. The minimum Gasteiger partial charge on any atom is -0.497 e. The van der Waals surface area contributed by atoms with E-state index in [9.17, 15) is 0 Å². The Morgan fingerprint density at radius 2 is 2.00 bits per heavy atom. The molecule has 1 atom stereocenters. The molecule has 0 fully saturated rings. The van der Waals surface area contributed by atoms with E-state index in [1.807, 2.05) is 41.0 Å². The topological polar surface area (TPSA) is 104 Å². The van der Waals surface area contributed by atoms with Gasteiger partial charge in [0, 0.05) is 17.6 Å². The van der Waals surface area contributed by atoms with Crippen molar-refractivity contribution in [2.75, 3.05) is 18.7 Å². The zero-order chi connectivity index (χ0) is 21.5. The molecule has 9 heteroatoms. The molecule has 2 aromatic carbocycles. The van der Waals surface area contributed by atoms with Gasteiger partial charge < -0.3 is 15.2 Å². The molecule has 0 unspecified atom stereocenters. The van der Waals surface area contributed by atoms with Crippen LogP contribution in [-0.2, 0) is 11.2 Å². The van der Waals surface area contributed by atoms with E-state index in [0.717, 1.165) is 28.4 Å². The number of halogens is 1. The van der Waals surface area contributed by atoms with Crippen molar-refractivity contribution in [3.63, 3.8) is 0 Å². The van der Waals surface area contributed by atoms with Gasteiger partial charge in [-0.3, -0.25) is 9.58 Å². The fourth-order valence-corrected chi connectivity index (χ4v) is 4.04. The molecular weight excluding hydrogens is 416 g/mol. The number of nitrogens with zero attached hydrogens (tertiary/aromatic N) is 4. The maximum atomic E-state index is 6.35. The van der Waals surface area contributed by atoms with Crippen molar-refractivity contribution in [3.8, 4) is 11.4 Å². The smallest absolute Gasteiger partial charge is 0.238 e. The lowest BCUT2D eigenvalue weighted by Crippen LogP contribution is -2.31. The minimum atomic E-state index is -0.106. The molecule has 2 aliphatic rings. The average Bonchev–Trinajstić information content (AvgIpc) is 3.42. The highest BCUT2D eigenvalue weighted by Gasteiger charge is 2.30. The SMILES string of the molecule is COc1ccc([C@@H]2COC(c3ncn4c3C/C(=C/N)N(N)c3cc(Cl)ccc3-4)=N2)cc1. The normalized spacial score (nSPS) is 18.8. The molecule has 3 aromatic rings. The van der Waals surface area contributed by atoms with Crippen LogP contribution in [0.4, 0.5) is 5.69 Å². The first kappa shape index (κ1) is 19.5. The fourth-order valence-electron chi connectivity index (χ4n) is 3.87. The van der Waals surface area contributed by atoms with Crippen molar-refractivity contribution >= 4 is 23.2 Å². The molecule has 0 saturated heterocycles. The molecule has 0 spiro atoms. The van der Waals surface area contributed by atoms with E-state index < -0.39 is 0 Å². The maximum absolute atomic E-state index is 6.35. The Morgan fingerprint density at radius 1 is 1.19 bits per heavy atom. The predicted molar refractivity (Wildman–Crippen MR) is 119 cm³/mol. The first-order valence-corrected chi connectivity index (χ1v) is 10.1. The number of aliphatic imine (C=N–C) groups is 1. The number of ether oxygens (including phenoxy) is 2. The number of anilines is 1. The standard InChI is InChI=1S/C22H21ClN6O2/c1-30-16-5-2-13(3-6-16)17-11-31-22(27-17)21-20-9-15(10-24)29(25)19-8-14(23)4-7-18(19)28(20)12-26-21/h2-8,10,12,17H,9,11,24-25H2,1H3/b15-10-/t17-/m0/s1. The van der Waals surface area contributed by atoms with Crippen LogP contribution in [0.5, 0.6) is 5.75 Å². The van der Waals surface area contributed by atoms with Gasteiger partial charge in [0.05, 0.1) is 29.9 Å². The van der Waals surface area contributed by atoms with Crippen LogP contribution in [0.2, 0.25) is 5.02 Å². The first-order valence-electron chi connectivity index (χ1n) is 9.75. The highest BCUT2D eigenvalue weighted by atomic mass is 35.5. The van der Waals surface area contributed by atoms with E-state index in [1.54, 1.807) is 24.5 Å². The van der Waals surface area contributed by atoms with Crippen LogP contribution in [0, 0.1) is 0 Å². The van der Waals surface area contributed by atoms with Crippen molar-refractivity contribution in [1.82, 2.24) is 9.55 Å². The van der Waals surface area contributed by atoms with Crippen molar-refractivity contribution in [1.29, 1.82) is 0 Å². The van der Waals surface area contributed by atoms with Gasteiger partial charge in [0.15, 0.2) is 0 Å². The lowest BCUT2D eigenvalue weighted by atomic mass is 10.1. The zero-order valence-electron chi connectivity index (χ0n) is 16.8. The van der Waals surface area contributed by atoms with E-state index in [2.05, 4.69) is 4.98 Å². The van der Waals surface area contributed by atoms with Gasteiger partial charge in [-0.15, -0.1) is 0 Å². The number of methoxy groups -OCH3 is 1. The molecule has 5 rings (SSSR count). The summed E-state index contributed by atoms with van der Waals surface area (Å²) < 4.78 is 13.2. The number of allylic oxidation sites excluding steroid dienone is 1. The number of hydrogen-bond acceptors (Lipinski definition) is 7. The Balaban J connectivity index is 1.56. The molecule has 0 aliphatic carbocycles. The second-order valence-corrected chi connectivity index (χ2v) is 7.72. The van der Waals surface area contributed by atoms with Crippen LogP contribution < -0.4 is 21.3 Å². The molecule has 1 aromatic heterocycles. The second kappa shape index (κ2) is 7.64. The van der Waals surface area contributed by atoms with E-state index in [0.29, 0.717) is 35.3 Å². The number of imidazole rings is 1. The molecule has 8 nitrogen and oxygen atoms in total. The maximum Gasteiger partial charge on any atom is 0.238 e. The summed E-state index contributed by atoms with van der Waals surface area (Å²) in [5.74, 6) is 7.66. The van der Waals surface area contributed by atoms with E-state index in [-0.39, 0.29) is 6.04 Å². The molecule has 158 valence electrons. The third-order valence-electron chi connectivity index (χ3n) is 5.53. The Bertz CT molecular complexity index is 1200. The van der Waals surface area contributed by atoms with Gasteiger partial charge in [0.2, 0.25) is 5.90 Å². The van der Waals surface area contributed by atoms with Crippen LogP contribution in [0.3, 0.4) is 0 Å². The third-order valence-corrected chi connectivity index (χ3v) is 5.76. The Morgan fingerprint density at radius 3 is 2.74 bits per heavy atom. The summed E-state index contributed by atoms with van der Waals surface area (Å²) in [6, 6.07) is 13.2. The fraction of sp³-hybridized carbons (Fsp3) is 0.182. The number of hydrazine groups is 1. The van der Waals surface area contributed by atoms with E-state index in [1.165, 1.54) is 6.20 Å². The van der Waals surface area contributed by atoms with Gasteiger partial charge in [-0.25, -0.2) is 15.8 Å². The molecule has 0 radical (unpaired) electrons. The number of fused-ring (bicyclic) bond motifs is 3.